The summed E-state index contributed by atoms with van der Waals surface area (Å²) in [6.45, 7) is 8.39. The summed E-state index contributed by atoms with van der Waals surface area (Å²) in [5.74, 6) is 0.829. The minimum atomic E-state index is -0.528. The Kier molecular flexibility index (Phi) is 6.38. The molecule has 0 aromatic carbocycles. The van der Waals surface area contributed by atoms with Crippen LogP contribution in [0.1, 0.15) is 40.5 Å². The number of rotatable bonds is 5. The van der Waals surface area contributed by atoms with Crippen molar-refractivity contribution in [3.8, 4) is 0 Å². The summed E-state index contributed by atoms with van der Waals surface area (Å²) in [5, 5.41) is 10.6. The molecular formula is C19H30O3S. The van der Waals surface area contributed by atoms with Gasteiger partial charge in [0.15, 0.2) is 0 Å². The molecule has 0 fully saturated rings. The maximum atomic E-state index is 12.3. The fraction of sp³-hybridized carbons (Fsp3) is 0.737. The SMILES string of the molecule is CC[C@H](C)C(=O)O[C@H]1CC(O)C=C2C=C[C@@H](C)C(C(C)SC)C21. The summed E-state index contributed by atoms with van der Waals surface area (Å²) >= 11 is 1.86. The van der Waals surface area contributed by atoms with Gasteiger partial charge in [0.25, 0.3) is 0 Å². The van der Waals surface area contributed by atoms with Crippen molar-refractivity contribution < 1.29 is 14.6 Å². The van der Waals surface area contributed by atoms with Gasteiger partial charge in [-0.25, -0.2) is 0 Å². The Balaban J connectivity index is 2.30. The average molecular weight is 339 g/mol. The number of hydrogen-bond donors (Lipinski definition) is 1. The van der Waals surface area contributed by atoms with E-state index in [4.69, 9.17) is 4.74 Å². The lowest BCUT2D eigenvalue weighted by atomic mass is 9.67. The van der Waals surface area contributed by atoms with Gasteiger partial charge in [0.1, 0.15) is 6.10 Å². The first kappa shape index (κ1) is 18.6. The van der Waals surface area contributed by atoms with E-state index in [1.54, 1.807) is 0 Å². The second-order valence-corrected chi connectivity index (χ2v) is 8.23. The van der Waals surface area contributed by atoms with Crippen LogP contribution in [0.25, 0.3) is 0 Å². The predicted octanol–water partition coefficient (Wildman–Crippen LogP) is 3.83. The number of ether oxygens (including phenoxy) is 1. The molecule has 0 aromatic rings. The van der Waals surface area contributed by atoms with Crippen LogP contribution < -0.4 is 0 Å². The molecule has 0 aliphatic heterocycles. The largest absolute Gasteiger partial charge is 0.461 e. The van der Waals surface area contributed by atoms with Gasteiger partial charge in [-0.2, -0.15) is 11.8 Å². The lowest BCUT2D eigenvalue weighted by Gasteiger charge is -2.44. The molecule has 1 N–H and O–H groups in total. The van der Waals surface area contributed by atoms with Crippen molar-refractivity contribution in [3.63, 3.8) is 0 Å². The number of carbonyl (C=O) groups is 1. The summed E-state index contributed by atoms with van der Waals surface area (Å²) in [6.07, 6.45) is 8.96. The van der Waals surface area contributed by atoms with Crippen molar-refractivity contribution in [2.45, 2.75) is 58.0 Å². The smallest absolute Gasteiger partial charge is 0.308 e. The minimum absolute atomic E-state index is 0.0884. The van der Waals surface area contributed by atoms with Crippen molar-refractivity contribution in [3.05, 3.63) is 23.8 Å². The fourth-order valence-electron chi connectivity index (χ4n) is 3.79. The molecular weight excluding hydrogens is 308 g/mol. The van der Waals surface area contributed by atoms with E-state index in [2.05, 4.69) is 32.3 Å². The third-order valence-electron chi connectivity index (χ3n) is 5.45. The first-order valence-electron chi connectivity index (χ1n) is 8.70. The molecule has 0 heterocycles. The highest BCUT2D eigenvalue weighted by molar-refractivity contribution is 7.99. The zero-order valence-electron chi connectivity index (χ0n) is 14.9. The highest BCUT2D eigenvalue weighted by atomic mass is 32.2. The molecule has 4 unspecified atom stereocenters. The van der Waals surface area contributed by atoms with E-state index >= 15 is 0 Å². The van der Waals surface area contributed by atoms with Crippen molar-refractivity contribution in [1.29, 1.82) is 0 Å². The second kappa shape index (κ2) is 7.89. The van der Waals surface area contributed by atoms with E-state index in [0.29, 0.717) is 23.5 Å². The maximum absolute atomic E-state index is 12.3. The zero-order valence-corrected chi connectivity index (χ0v) is 15.7. The number of carbonyl (C=O) groups excluding carboxylic acids is 1. The summed E-state index contributed by atoms with van der Waals surface area (Å²) in [6, 6.07) is 0. The number of thioether (sulfide) groups is 1. The summed E-state index contributed by atoms with van der Waals surface area (Å²) in [5.41, 5.74) is 1.13. The number of esters is 1. The Labute approximate surface area is 144 Å². The number of aliphatic hydroxyl groups excluding tert-OH is 1. The van der Waals surface area contributed by atoms with Crippen molar-refractivity contribution in [1.82, 2.24) is 0 Å². The van der Waals surface area contributed by atoms with Gasteiger partial charge in [-0.05, 0) is 30.1 Å². The lowest BCUT2D eigenvalue weighted by molar-refractivity contribution is -0.159. The van der Waals surface area contributed by atoms with Crippen LogP contribution in [0.4, 0.5) is 0 Å². The number of hydrogen-bond acceptors (Lipinski definition) is 4. The Morgan fingerprint density at radius 1 is 1.48 bits per heavy atom. The van der Waals surface area contributed by atoms with E-state index in [1.807, 2.05) is 31.7 Å². The third-order valence-corrected chi connectivity index (χ3v) is 6.51. The topological polar surface area (TPSA) is 46.5 Å². The molecule has 7 atom stereocenters. The number of fused-ring (bicyclic) bond motifs is 1. The minimum Gasteiger partial charge on any atom is -0.461 e. The number of aliphatic hydroxyl groups is 1. The first-order valence-corrected chi connectivity index (χ1v) is 9.99. The lowest BCUT2D eigenvalue weighted by Crippen LogP contribution is -2.45. The van der Waals surface area contributed by atoms with Crippen molar-refractivity contribution >= 4 is 17.7 Å². The number of allylic oxidation sites excluding steroid dienone is 2. The average Bonchev–Trinajstić information content (AvgIpc) is 2.53. The zero-order chi connectivity index (χ0) is 17.1. The van der Waals surface area contributed by atoms with Crippen LogP contribution in [0.3, 0.4) is 0 Å². The molecule has 2 rings (SSSR count). The molecule has 2 aliphatic rings. The molecule has 0 spiro atoms. The normalized spacial score (nSPS) is 35.9. The van der Waals surface area contributed by atoms with Gasteiger partial charge in [0.05, 0.1) is 12.0 Å². The van der Waals surface area contributed by atoms with Crippen LogP contribution in [0.5, 0.6) is 0 Å². The molecule has 23 heavy (non-hydrogen) atoms. The highest BCUT2D eigenvalue weighted by Gasteiger charge is 2.44. The van der Waals surface area contributed by atoms with E-state index < -0.39 is 6.10 Å². The first-order chi connectivity index (χ1) is 10.9. The molecule has 4 heteroatoms. The van der Waals surface area contributed by atoms with E-state index in [9.17, 15) is 9.90 Å². The molecule has 0 radical (unpaired) electrons. The molecule has 0 saturated heterocycles. The molecule has 130 valence electrons. The Hall–Kier alpha value is -0.740. The Morgan fingerprint density at radius 2 is 2.17 bits per heavy atom. The van der Waals surface area contributed by atoms with Crippen LogP contribution in [-0.4, -0.2) is 34.8 Å². The van der Waals surface area contributed by atoms with Crippen molar-refractivity contribution in [2.24, 2.45) is 23.7 Å². The van der Waals surface area contributed by atoms with Gasteiger partial charge >= 0.3 is 5.97 Å². The van der Waals surface area contributed by atoms with Crippen LogP contribution >= 0.6 is 11.8 Å². The van der Waals surface area contributed by atoms with Crippen LogP contribution in [0, 0.1) is 23.7 Å². The van der Waals surface area contributed by atoms with Gasteiger partial charge in [0.2, 0.25) is 0 Å². The third kappa shape index (κ3) is 4.03. The predicted molar refractivity (Wildman–Crippen MR) is 96.3 cm³/mol. The van der Waals surface area contributed by atoms with Gasteiger partial charge in [-0.1, -0.05) is 45.9 Å². The summed E-state index contributed by atoms with van der Waals surface area (Å²) in [7, 11) is 0. The van der Waals surface area contributed by atoms with Gasteiger partial charge in [-0.15, -0.1) is 0 Å². The van der Waals surface area contributed by atoms with Crippen LogP contribution in [-0.2, 0) is 9.53 Å². The molecule has 0 amide bonds. The fourth-order valence-corrected chi connectivity index (χ4v) is 4.52. The highest BCUT2D eigenvalue weighted by Crippen LogP contribution is 2.45. The quantitative estimate of drug-likeness (QED) is 0.774. The molecule has 0 bridgehead atoms. The van der Waals surface area contributed by atoms with Gasteiger partial charge in [0, 0.05) is 17.6 Å². The van der Waals surface area contributed by atoms with Crippen LogP contribution in [0.2, 0.25) is 0 Å². The summed E-state index contributed by atoms with van der Waals surface area (Å²) in [4.78, 5) is 12.3. The monoisotopic (exact) mass is 338 g/mol. The molecule has 0 aromatic heterocycles. The standard InChI is InChI=1S/C19H30O3S/c1-6-11(2)19(21)22-16-10-15(20)9-14-8-7-12(3)17(18(14)16)13(4)23-5/h7-9,11-13,15-18,20H,6,10H2,1-5H3/t11-,12+,13?,15?,16-,17?,18?/m0/s1. The maximum Gasteiger partial charge on any atom is 0.308 e. The van der Waals surface area contributed by atoms with Gasteiger partial charge < -0.3 is 9.84 Å². The van der Waals surface area contributed by atoms with Crippen LogP contribution in [0.15, 0.2) is 23.8 Å². The Bertz CT molecular complexity index is 485. The van der Waals surface area contributed by atoms with Gasteiger partial charge in [-0.3, -0.25) is 4.79 Å². The van der Waals surface area contributed by atoms with Crippen molar-refractivity contribution in [2.75, 3.05) is 6.26 Å². The summed E-state index contributed by atoms with van der Waals surface area (Å²) < 4.78 is 5.87. The Morgan fingerprint density at radius 3 is 2.78 bits per heavy atom. The van der Waals surface area contributed by atoms with E-state index in [1.165, 1.54) is 0 Å². The molecule has 0 saturated carbocycles. The second-order valence-electron chi connectivity index (χ2n) is 7.02. The molecule has 2 aliphatic carbocycles. The van der Waals surface area contributed by atoms with E-state index in [0.717, 1.165) is 12.0 Å². The van der Waals surface area contributed by atoms with E-state index in [-0.39, 0.29) is 23.9 Å². The molecule has 3 nitrogen and oxygen atoms in total.